The quantitative estimate of drug-likeness (QED) is 0.703. The van der Waals surface area contributed by atoms with Crippen molar-refractivity contribution in [2.45, 2.75) is 6.92 Å². The summed E-state index contributed by atoms with van der Waals surface area (Å²) in [5.41, 5.74) is 6.51. The molecule has 0 aliphatic rings. The van der Waals surface area contributed by atoms with Crippen molar-refractivity contribution in [1.82, 2.24) is 15.3 Å². The van der Waals surface area contributed by atoms with Crippen molar-refractivity contribution in [3.05, 3.63) is 28.6 Å². The maximum absolute atomic E-state index is 12.1. The molecule has 1 aromatic carbocycles. The van der Waals surface area contributed by atoms with Gasteiger partial charge in [0.25, 0.3) is 5.56 Å². The molecule has 2 rings (SSSR count). The van der Waals surface area contributed by atoms with Crippen LogP contribution in [-0.4, -0.2) is 36.5 Å². The van der Waals surface area contributed by atoms with Gasteiger partial charge in [0.2, 0.25) is 11.9 Å². The molecule has 2 aromatic rings. The molecule has 0 saturated carbocycles. The van der Waals surface area contributed by atoms with Gasteiger partial charge in [-0.15, -0.1) is 0 Å². The molecule has 1 aromatic heterocycles. The van der Waals surface area contributed by atoms with Crippen LogP contribution in [0.4, 0.5) is 11.6 Å². The zero-order chi connectivity index (χ0) is 15.6. The first-order chi connectivity index (χ1) is 9.92. The topological polar surface area (TPSA) is 104 Å². The van der Waals surface area contributed by atoms with E-state index in [0.717, 1.165) is 0 Å². The molecule has 7 nitrogen and oxygen atoms in total. The second-order valence-electron chi connectivity index (χ2n) is 5.06. The molecule has 1 heterocycles. The molecule has 7 heteroatoms. The summed E-state index contributed by atoms with van der Waals surface area (Å²) >= 11 is 0. The van der Waals surface area contributed by atoms with Crippen LogP contribution in [0.15, 0.2) is 23.0 Å². The van der Waals surface area contributed by atoms with Gasteiger partial charge in [0.05, 0.1) is 16.8 Å². The summed E-state index contributed by atoms with van der Waals surface area (Å²) in [5, 5.41) is 3.05. The fourth-order valence-electron chi connectivity index (χ4n) is 2.15. The number of aromatic nitrogens is 2. The van der Waals surface area contributed by atoms with Gasteiger partial charge in [-0.05, 0) is 18.2 Å². The zero-order valence-corrected chi connectivity index (χ0v) is 12.3. The van der Waals surface area contributed by atoms with Crippen LogP contribution in [0, 0.1) is 5.92 Å². The largest absolute Gasteiger partial charge is 0.399 e. The van der Waals surface area contributed by atoms with E-state index in [9.17, 15) is 9.59 Å². The van der Waals surface area contributed by atoms with Crippen LogP contribution in [0.2, 0.25) is 0 Å². The number of H-pyrrole nitrogens is 1. The molecular weight excluding hydrogens is 270 g/mol. The van der Waals surface area contributed by atoms with Gasteiger partial charge in [-0.1, -0.05) is 6.92 Å². The number of benzene rings is 1. The Bertz CT molecular complexity index is 725. The molecule has 0 saturated heterocycles. The lowest BCUT2D eigenvalue weighted by molar-refractivity contribution is -0.123. The van der Waals surface area contributed by atoms with Gasteiger partial charge in [0.15, 0.2) is 0 Å². The standard InChI is InChI=1S/C14H19N5O2/c1-8(12(20)16-2)7-19(3)14-17-11-5-4-9(15)6-10(11)13(21)18-14/h4-6,8H,7,15H2,1-3H3,(H,16,20)(H,17,18,21). The number of nitrogens with zero attached hydrogens (tertiary/aromatic N) is 2. The van der Waals surface area contributed by atoms with E-state index in [1.54, 1.807) is 37.2 Å². The number of fused-ring (bicyclic) bond motifs is 1. The van der Waals surface area contributed by atoms with Crippen molar-refractivity contribution < 1.29 is 4.79 Å². The minimum Gasteiger partial charge on any atom is -0.399 e. The van der Waals surface area contributed by atoms with Crippen LogP contribution in [-0.2, 0) is 4.79 Å². The third-order valence-corrected chi connectivity index (χ3v) is 3.32. The van der Waals surface area contributed by atoms with E-state index in [1.165, 1.54) is 0 Å². The monoisotopic (exact) mass is 289 g/mol. The number of rotatable bonds is 4. The molecule has 112 valence electrons. The van der Waals surface area contributed by atoms with Gasteiger partial charge in [0.1, 0.15) is 0 Å². The number of hydrogen-bond donors (Lipinski definition) is 3. The third kappa shape index (κ3) is 3.13. The summed E-state index contributed by atoms with van der Waals surface area (Å²) in [7, 11) is 3.38. The summed E-state index contributed by atoms with van der Waals surface area (Å²) in [6, 6.07) is 5.00. The van der Waals surface area contributed by atoms with Crippen molar-refractivity contribution in [3.63, 3.8) is 0 Å². The van der Waals surface area contributed by atoms with Crippen molar-refractivity contribution >= 4 is 28.4 Å². The van der Waals surface area contributed by atoms with Gasteiger partial charge in [0, 0.05) is 26.3 Å². The van der Waals surface area contributed by atoms with Crippen LogP contribution >= 0.6 is 0 Å². The molecule has 0 bridgehead atoms. The van der Waals surface area contributed by atoms with E-state index < -0.39 is 0 Å². The van der Waals surface area contributed by atoms with Gasteiger partial charge in [-0.2, -0.15) is 0 Å². The summed E-state index contributed by atoms with van der Waals surface area (Å²) < 4.78 is 0. The van der Waals surface area contributed by atoms with Crippen LogP contribution in [0.1, 0.15) is 6.92 Å². The number of aromatic amines is 1. The number of nitrogen functional groups attached to an aromatic ring is 1. The molecule has 0 spiro atoms. The summed E-state index contributed by atoms with van der Waals surface area (Å²) in [5.74, 6) is 0.151. The molecule has 0 aliphatic carbocycles. The Labute approximate surface area is 122 Å². The van der Waals surface area contributed by atoms with E-state index >= 15 is 0 Å². The number of amides is 1. The number of nitrogens with two attached hydrogens (primary N) is 1. The molecule has 1 amide bonds. The Morgan fingerprint density at radius 2 is 2.24 bits per heavy atom. The first-order valence-corrected chi connectivity index (χ1v) is 6.64. The molecule has 0 radical (unpaired) electrons. The van der Waals surface area contributed by atoms with Gasteiger partial charge < -0.3 is 16.0 Å². The van der Waals surface area contributed by atoms with Crippen LogP contribution in [0.5, 0.6) is 0 Å². The summed E-state index contributed by atoms with van der Waals surface area (Å²) in [4.78, 5) is 32.5. The number of anilines is 2. The van der Waals surface area contributed by atoms with Crippen molar-refractivity contribution in [1.29, 1.82) is 0 Å². The minimum absolute atomic E-state index is 0.0576. The first kappa shape index (κ1) is 14.8. The van der Waals surface area contributed by atoms with E-state index in [-0.39, 0.29) is 17.4 Å². The van der Waals surface area contributed by atoms with Crippen molar-refractivity contribution in [3.8, 4) is 0 Å². The molecule has 0 aliphatic heterocycles. The molecule has 4 N–H and O–H groups in total. The highest BCUT2D eigenvalue weighted by Gasteiger charge is 2.16. The fourth-order valence-corrected chi connectivity index (χ4v) is 2.15. The van der Waals surface area contributed by atoms with Gasteiger partial charge in [-0.3, -0.25) is 14.6 Å². The fraction of sp³-hybridized carbons (Fsp3) is 0.357. The Hall–Kier alpha value is -2.57. The first-order valence-electron chi connectivity index (χ1n) is 6.64. The highest BCUT2D eigenvalue weighted by Crippen LogP contribution is 2.14. The highest BCUT2D eigenvalue weighted by molar-refractivity contribution is 5.82. The average molecular weight is 289 g/mol. The molecule has 1 atom stereocenters. The summed E-state index contributed by atoms with van der Waals surface area (Å²) in [6.45, 7) is 2.26. The summed E-state index contributed by atoms with van der Waals surface area (Å²) in [6.07, 6.45) is 0. The second kappa shape index (κ2) is 5.82. The number of carbonyl (C=O) groups is 1. The Balaban J connectivity index is 2.32. The number of carbonyl (C=O) groups excluding carboxylic acids is 1. The highest BCUT2D eigenvalue weighted by atomic mass is 16.1. The minimum atomic E-state index is -0.248. The Morgan fingerprint density at radius 1 is 1.52 bits per heavy atom. The average Bonchev–Trinajstić information content (AvgIpc) is 2.46. The second-order valence-corrected chi connectivity index (χ2v) is 5.06. The van der Waals surface area contributed by atoms with E-state index in [2.05, 4.69) is 15.3 Å². The number of hydrogen-bond acceptors (Lipinski definition) is 5. The Kier molecular flexibility index (Phi) is 4.11. The van der Waals surface area contributed by atoms with E-state index in [0.29, 0.717) is 29.1 Å². The lowest BCUT2D eigenvalue weighted by atomic mass is 10.1. The van der Waals surface area contributed by atoms with E-state index in [1.807, 2.05) is 6.92 Å². The molecule has 1 unspecified atom stereocenters. The number of nitrogens with one attached hydrogen (secondary N) is 2. The van der Waals surface area contributed by atoms with Crippen LogP contribution < -0.4 is 21.5 Å². The maximum atomic E-state index is 12.1. The lowest BCUT2D eigenvalue weighted by Gasteiger charge is -2.21. The lowest BCUT2D eigenvalue weighted by Crippen LogP contribution is -2.35. The molecular formula is C14H19N5O2. The predicted molar refractivity (Wildman–Crippen MR) is 83.3 cm³/mol. The van der Waals surface area contributed by atoms with Crippen molar-refractivity contribution in [2.24, 2.45) is 5.92 Å². The Morgan fingerprint density at radius 3 is 2.90 bits per heavy atom. The van der Waals surface area contributed by atoms with Gasteiger partial charge >= 0.3 is 0 Å². The zero-order valence-electron chi connectivity index (χ0n) is 12.3. The SMILES string of the molecule is CNC(=O)C(C)CN(C)c1nc2ccc(N)cc2c(=O)[nH]1. The van der Waals surface area contributed by atoms with E-state index in [4.69, 9.17) is 5.73 Å². The third-order valence-electron chi connectivity index (χ3n) is 3.32. The maximum Gasteiger partial charge on any atom is 0.260 e. The predicted octanol–water partition coefficient (Wildman–Crippen LogP) is 0.324. The van der Waals surface area contributed by atoms with Gasteiger partial charge in [-0.25, -0.2) is 4.98 Å². The molecule has 0 fully saturated rings. The van der Waals surface area contributed by atoms with Crippen LogP contribution in [0.3, 0.4) is 0 Å². The van der Waals surface area contributed by atoms with Crippen LogP contribution in [0.25, 0.3) is 10.9 Å². The molecule has 21 heavy (non-hydrogen) atoms. The normalized spacial score (nSPS) is 12.1. The van der Waals surface area contributed by atoms with Crippen molar-refractivity contribution in [2.75, 3.05) is 31.3 Å². The smallest absolute Gasteiger partial charge is 0.260 e.